The Bertz CT molecular complexity index is 1630. The first kappa shape index (κ1) is 35.6. The minimum atomic E-state index is -2.64. The van der Waals surface area contributed by atoms with Crippen molar-refractivity contribution in [3.8, 4) is 0 Å². The predicted octanol–water partition coefficient (Wildman–Crippen LogP) is 5.11. The van der Waals surface area contributed by atoms with Gasteiger partial charge in [0, 0.05) is 52.7 Å². The fourth-order valence-corrected chi connectivity index (χ4v) is 5.87. The van der Waals surface area contributed by atoms with E-state index in [2.05, 4.69) is 25.6 Å². The monoisotopic (exact) mass is 669 g/mol. The molecule has 0 radical (unpaired) electrons. The van der Waals surface area contributed by atoms with E-state index >= 15 is 0 Å². The van der Waals surface area contributed by atoms with Gasteiger partial charge < -0.3 is 26.0 Å². The van der Waals surface area contributed by atoms with Gasteiger partial charge in [-0.3, -0.25) is 14.4 Å². The number of aliphatic hydroxyl groups excluding tert-OH is 1. The molecule has 250 valence electrons. The molecule has 0 spiro atoms. The largest absolute Gasteiger partial charge is 0.728 e. The third-order valence-electron chi connectivity index (χ3n) is 8.07. The summed E-state index contributed by atoms with van der Waals surface area (Å²) in [4.78, 5) is 42.2. The van der Waals surface area contributed by atoms with Gasteiger partial charge in [-0.25, -0.2) is 9.65 Å². The second kappa shape index (κ2) is 17.1. The average Bonchev–Trinajstić information content (AvgIpc) is 3.52. The van der Waals surface area contributed by atoms with Gasteiger partial charge in [0.15, 0.2) is 0 Å². The number of nitrogens with one attached hydrogen (secondary N) is 4. The fraction of sp³-hybridized carbons (Fsp3) is 0.364. The molecule has 2 aromatic carbocycles. The van der Waals surface area contributed by atoms with E-state index in [1.54, 1.807) is 30.3 Å². The summed E-state index contributed by atoms with van der Waals surface area (Å²) in [5.41, 5.74) is 5.31. The maximum atomic E-state index is 13.9. The minimum Gasteiger partial charge on any atom is -0.396 e. The number of hydrogen-bond acceptors (Lipinski definition) is 8. The molecule has 2 heterocycles. The van der Waals surface area contributed by atoms with Gasteiger partial charge in [-0.1, -0.05) is 36.8 Å². The van der Waals surface area contributed by atoms with Crippen LogP contribution in [0.3, 0.4) is 0 Å². The third-order valence-corrected chi connectivity index (χ3v) is 8.56. The van der Waals surface area contributed by atoms with Crippen molar-refractivity contribution in [2.75, 3.05) is 25.1 Å². The van der Waals surface area contributed by atoms with Gasteiger partial charge in [0.05, 0.1) is 10.2 Å². The maximum Gasteiger partial charge on any atom is 0.728 e. The summed E-state index contributed by atoms with van der Waals surface area (Å²) >= 11 is 0. The smallest absolute Gasteiger partial charge is 0.396 e. The summed E-state index contributed by atoms with van der Waals surface area (Å²) in [6, 6.07) is 12.1. The van der Waals surface area contributed by atoms with Crippen LogP contribution >= 0.6 is 8.25 Å². The highest BCUT2D eigenvalue weighted by Gasteiger charge is 2.27. The lowest BCUT2D eigenvalue weighted by Crippen LogP contribution is -2.40. The molecule has 0 aliphatic carbocycles. The molecule has 0 saturated heterocycles. The highest BCUT2D eigenvalue weighted by atomic mass is 31.1. The molecule has 12 nitrogen and oxygen atoms in total. The summed E-state index contributed by atoms with van der Waals surface area (Å²) in [5, 5.41) is 26.3. The molecule has 3 amide bonds. The normalized spacial score (nSPS) is 14.8. The van der Waals surface area contributed by atoms with E-state index in [4.69, 9.17) is 9.78 Å². The molecule has 6 N–H and O–H groups in total. The first-order valence-electron chi connectivity index (χ1n) is 15.3. The SMILES string of the molecule is Cc1[nH]c(/C=C2\C(=O)Nc3ccc(F)cc32)c(C)c1CCC(=O)NC(C(=O)NCCCCC(CO)CO[P+](=O)OO)c1ccccc1. The van der Waals surface area contributed by atoms with Gasteiger partial charge in [0.1, 0.15) is 18.5 Å². The number of amides is 3. The van der Waals surface area contributed by atoms with E-state index < -0.39 is 20.1 Å². The van der Waals surface area contributed by atoms with Gasteiger partial charge in [-0.2, -0.15) is 0 Å². The van der Waals surface area contributed by atoms with Crippen LogP contribution < -0.4 is 16.0 Å². The number of aryl methyl sites for hydroxylation is 1. The van der Waals surface area contributed by atoms with E-state index in [1.807, 2.05) is 19.9 Å². The summed E-state index contributed by atoms with van der Waals surface area (Å²) in [6.07, 6.45) is 3.95. The Hall–Kier alpha value is -4.26. The number of hydrogen-bond donors (Lipinski definition) is 6. The van der Waals surface area contributed by atoms with Gasteiger partial charge in [0.25, 0.3) is 5.91 Å². The van der Waals surface area contributed by atoms with Crippen LogP contribution in [-0.2, 0) is 34.6 Å². The number of unbranched alkanes of at least 4 members (excludes halogenated alkanes) is 1. The quantitative estimate of drug-likeness (QED) is 0.0377. The van der Waals surface area contributed by atoms with E-state index in [0.29, 0.717) is 60.3 Å². The van der Waals surface area contributed by atoms with Crippen molar-refractivity contribution in [1.82, 2.24) is 15.6 Å². The van der Waals surface area contributed by atoms with E-state index in [-0.39, 0.29) is 43.3 Å². The zero-order valence-corrected chi connectivity index (χ0v) is 27.1. The molecule has 0 saturated carbocycles. The molecular formula is C33H39FN4O8P+. The molecule has 1 aromatic heterocycles. The molecule has 47 heavy (non-hydrogen) atoms. The molecule has 4 rings (SSSR count). The van der Waals surface area contributed by atoms with Crippen LogP contribution in [0.4, 0.5) is 10.1 Å². The standard InChI is InChI=1S/C33H38FN4O8P/c1-20-25(21(2)36-29(20)17-27-26-16-24(34)11-13-28(26)37-32(27)41)12-14-30(40)38-31(23-9-4-3-5-10-23)33(42)35-15-7-6-8-22(18-39)19-45-47(44)46-43/h3-5,9-11,13,16-17,22,31,36,39H,6-8,12,14-15,18-19H2,1-2H3,(H3-,35,37,38,40,41,42,43)/p+1/b27-17-. The molecule has 14 heteroatoms. The second-order valence-corrected chi connectivity index (χ2v) is 12.2. The van der Waals surface area contributed by atoms with Gasteiger partial charge >= 0.3 is 8.25 Å². The van der Waals surface area contributed by atoms with Crippen LogP contribution in [-0.4, -0.2) is 52.8 Å². The van der Waals surface area contributed by atoms with Crippen molar-refractivity contribution in [2.45, 2.75) is 52.0 Å². The molecule has 1 aliphatic rings. The lowest BCUT2D eigenvalue weighted by Gasteiger charge is -2.19. The van der Waals surface area contributed by atoms with Gasteiger partial charge in [-0.15, -0.1) is 4.52 Å². The van der Waals surface area contributed by atoms with E-state index in [1.165, 1.54) is 18.2 Å². The summed E-state index contributed by atoms with van der Waals surface area (Å²) in [6.45, 7) is 3.86. The number of H-pyrrole nitrogens is 1. The van der Waals surface area contributed by atoms with Crippen molar-refractivity contribution in [3.05, 3.63) is 88.0 Å². The number of aromatic amines is 1. The molecule has 1 aliphatic heterocycles. The molecule has 3 unspecified atom stereocenters. The van der Waals surface area contributed by atoms with Crippen molar-refractivity contribution in [3.63, 3.8) is 0 Å². The van der Waals surface area contributed by atoms with E-state index in [9.17, 15) is 28.4 Å². The highest BCUT2D eigenvalue weighted by molar-refractivity contribution is 7.33. The Morgan fingerprint density at radius 3 is 2.62 bits per heavy atom. The highest BCUT2D eigenvalue weighted by Crippen LogP contribution is 2.34. The lowest BCUT2D eigenvalue weighted by atomic mass is 10.0. The zero-order valence-electron chi connectivity index (χ0n) is 26.2. The zero-order chi connectivity index (χ0) is 33.9. The van der Waals surface area contributed by atoms with Crippen molar-refractivity contribution >= 4 is 43.3 Å². The van der Waals surface area contributed by atoms with Crippen LogP contribution in [0.2, 0.25) is 0 Å². The number of carbonyl (C=O) groups excluding carboxylic acids is 3. The lowest BCUT2D eigenvalue weighted by molar-refractivity contribution is -0.142. The number of benzene rings is 2. The number of fused-ring (bicyclic) bond motifs is 1. The topological polar surface area (TPSA) is 179 Å². The van der Waals surface area contributed by atoms with Crippen LogP contribution in [0.15, 0.2) is 48.5 Å². The first-order chi connectivity index (χ1) is 22.6. The Morgan fingerprint density at radius 1 is 1.13 bits per heavy atom. The van der Waals surface area contributed by atoms with Crippen molar-refractivity contribution in [1.29, 1.82) is 0 Å². The molecular weight excluding hydrogens is 630 g/mol. The van der Waals surface area contributed by atoms with Crippen molar-refractivity contribution < 1.29 is 42.9 Å². The van der Waals surface area contributed by atoms with Crippen molar-refractivity contribution in [2.24, 2.45) is 5.92 Å². The number of aromatic nitrogens is 1. The Labute approximate surface area is 272 Å². The first-order valence-corrected chi connectivity index (χ1v) is 16.4. The molecule has 0 bridgehead atoms. The van der Waals surface area contributed by atoms with Crippen LogP contribution in [0.5, 0.6) is 0 Å². The molecule has 0 fully saturated rings. The predicted molar refractivity (Wildman–Crippen MR) is 174 cm³/mol. The summed E-state index contributed by atoms with van der Waals surface area (Å²) in [7, 11) is -2.64. The summed E-state index contributed by atoms with van der Waals surface area (Å²) in [5.74, 6) is -1.75. The molecule has 3 atom stereocenters. The minimum absolute atomic E-state index is 0.0471. The fourth-order valence-electron chi connectivity index (χ4n) is 5.49. The number of halogens is 1. The number of aliphatic hydroxyl groups is 1. The number of carbonyl (C=O) groups is 3. The van der Waals surface area contributed by atoms with E-state index in [0.717, 1.165) is 16.8 Å². The van der Waals surface area contributed by atoms with Gasteiger partial charge in [0.2, 0.25) is 11.8 Å². The maximum absolute atomic E-state index is 13.9. The average molecular weight is 670 g/mol. The van der Waals surface area contributed by atoms with Crippen LogP contribution in [0.1, 0.15) is 65.4 Å². The Kier molecular flexibility index (Phi) is 12.9. The van der Waals surface area contributed by atoms with Gasteiger partial charge in [-0.05, 0) is 74.1 Å². The second-order valence-electron chi connectivity index (χ2n) is 11.3. The Morgan fingerprint density at radius 2 is 1.89 bits per heavy atom. The number of anilines is 1. The Balaban J connectivity index is 1.34. The summed E-state index contributed by atoms with van der Waals surface area (Å²) < 4.78 is 33.3. The van der Waals surface area contributed by atoms with Crippen LogP contribution in [0, 0.1) is 25.6 Å². The third kappa shape index (κ3) is 9.63. The molecule has 3 aromatic rings. The van der Waals surface area contributed by atoms with Crippen LogP contribution in [0.25, 0.3) is 11.6 Å². The number of rotatable bonds is 17.